The van der Waals surface area contributed by atoms with E-state index in [0.717, 1.165) is 16.4 Å². The van der Waals surface area contributed by atoms with E-state index in [0.29, 0.717) is 11.5 Å². The second kappa shape index (κ2) is 6.55. The molecule has 0 atom stereocenters. The Kier molecular flexibility index (Phi) is 4.90. The van der Waals surface area contributed by atoms with Crippen LogP contribution < -0.4 is 9.47 Å². The second-order valence-electron chi connectivity index (χ2n) is 4.83. The summed E-state index contributed by atoms with van der Waals surface area (Å²) in [6.45, 7) is 1.65. The summed E-state index contributed by atoms with van der Waals surface area (Å²) in [6, 6.07) is 3.67. The van der Waals surface area contributed by atoms with E-state index >= 15 is 0 Å². The topological polar surface area (TPSA) is 81.9 Å². The van der Waals surface area contributed by atoms with Gasteiger partial charge in [0.1, 0.15) is 16.5 Å². The Balaban J connectivity index is 2.38. The SMILES string of the molecule is COc1cc(F)c(S(=O)(=O)N(C)Cc2cc(C)on2)cc1OC. The summed E-state index contributed by atoms with van der Waals surface area (Å²) in [6.07, 6.45) is 0. The first-order valence-electron chi connectivity index (χ1n) is 6.59. The molecule has 0 radical (unpaired) electrons. The van der Waals surface area contributed by atoms with Gasteiger partial charge in [-0.2, -0.15) is 4.31 Å². The van der Waals surface area contributed by atoms with Crippen LogP contribution in [0.4, 0.5) is 4.39 Å². The zero-order chi connectivity index (χ0) is 17.2. The fraction of sp³-hybridized carbons (Fsp3) is 0.357. The summed E-state index contributed by atoms with van der Waals surface area (Å²) in [5.41, 5.74) is 0.425. The van der Waals surface area contributed by atoms with E-state index < -0.39 is 20.7 Å². The highest BCUT2D eigenvalue weighted by Crippen LogP contribution is 2.33. The Morgan fingerprint density at radius 1 is 1.22 bits per heavy atom. The molecule has 2 rings (SSSR count). The molecule has 0 saturated carbocycles. The zero-order valence-corrected chi connectivity index (χ0v) is 14.0. The molecule has 1 heterocycles. The molecular formula is C14H17FN2O5S. The van der Waals surface area contributed by atoms with Crippen LogP contribution in [0.25, 0.3) is 0 Å². The van der Waals surface area contributed by atoms with E-state index in [-0.39, 0.29) is 18.0 Å². The molecule has 2 aromatic rings. The lowest BCUT2D eigenvalue weighted by atomic mass is 10.3. The highest BCUT2D eigenvalue weighted by atomic mass is 32.2. The molecule has 0 aliphatic carbocycles. The Morgan fingerprint density at radius 3 is 2.35 bits per heavy atom. The smallest absolute Gasteiger partial charge is 0.246 e. The Hall–Kier alpha value is -2.13. The predicted molar refractivity (Wildman–Crippen MR) is 79.4 cm³/mol. The van der Waals surface area contributed by atoms with Gasteiger partial charge < -0.3 is 14.0 Å². The van der Waals surface area contributed by atoms with E-state index in [1.165, 1.54) is 21.3 Å². The van der Waals surface area contributed by atoms with Gasteiger partial charge in [-0.25, -0.2) is 12.8 Å². The van der Waals surface area contributed by atoms with Crippen molar-refractivity contribution in [3.05, 3.63) is 35.5 Å². The fourth-order valence-electron chi connectivity index (χ4n) is 2.01. The highest BCUT2D eigenvalue weighted by Gasteiger charge is 2.27. The minimum Gasteiger partial charge on any atom is -0.493 e. The first-order chi connectivity index (χ1) is 10.8. The van der Waals surface area contributed by atoms with Gasteiger partial charge in [-0.3, -0.25) is 0 Å². The number of methoxy groups -OCH3 is 2. The van der Waals surface area contributed by atoms with Crippen molar-refractivity contribution in [2.45, 2.75) is 18.4 Å². The van der Waals surface area contributed by atoms with Gasteiger partial charge in [0.2, 0.25) is 10.0 Å². The molecule has 0 aliphatic rings. The first kappa shape index (κ1) is 17.2. The largest absolute Gasteiger partial charge is 0.493 e. The maximum atomic E-state index is 14.2. The molecule has 9 heteroatoms. The quantitative estimate of drug-likeness (QED) is 0.797. The monoisotopic (exact) mass is 344 g/mol. The minimum atomic E-state index is -4.08. The lowest BCUT2D eigenvalue weighted by Crippen LogP contribution is -2.27. The van der Waals surface area contributed by atoms with Gasteiger partial charge in [-0.15, -0.1) is 0 Å². The molecule has 0 spiro atoms. The standard InChI is InChI=1S/C14H17FN2O5S/c1-9-5-10(16-22-9)8-17(2)23(18,19)14-7-13(21-4)12(20-3)6-11(14)15/h5-7H,8H2,1-4H3. The van der Waals surface area contributed by atoms with Crippen molar-refractivity contribution in [1.82, 2.24) is 9.46 Å². The van der Waals surface area contributed by atoms with Crippen LogP contribution in [0.3, 0.4) is 0 Å². The molecule has 7 nitrogen and oxygen atoms in total. The number of aryl methyl sites for hydroxylation is 1. The molecule has 0 aliphatic heterocycles. The third-order valence-corrected chi connectivity index (χ3v) is 5.01. The number of nitrogens with zero attached hydrogens (tertiary/aromatic N) is 2. The van der Waals surface area contributed by atoms with Crippen LogP contribution in [0.5, 0.6) is 11.5 Å². The number of hydrogen-bond donors (Lipinski definition) is 0. The number of hydrogen-bond acceptors (Lipinski definition) is 6. The maximum absolute atomic E-state index is 14.2. The number of benzene rings is 1. The predicted octanol–water partition coefficient (Wildman–Crippen LogP) is 1.96. The number of sulfonamides is 1. The molecule has 23 heavy (non-hydrogen) atoms. The van der Waals surface area contributed by atoms with Crippen LogP contribution in [0.1, 0.15) is 11.5 Å². The van der Waals surface area contributed by atoms with Gasteiger partial charge >= 0.3 is 0 Å². The van der Waals surface area contributed by atoms with Crippen LogP contribution in [0.2, 0.25) is 0 Å². The third-order valence-electron chi connectivity index (χ3n) is 3.19. The summed E-state index contributed by atoms with van der Waals surface area (Å²) in [4.78, 5) is -0.502. The van der Waals surface area contributed by atoms with Crippen molar-refractivity contribution in [2.24, 2.45) is 0 Å². The number of aromatic nitrogens is 1. The molecule has 1 aromatic carbocycles. The van der Waals surface area contributed by atoms with Gasteiger partial charge in [0.05, 0.1) is 26.5 Å². The van der Waals surface area contributed by atoms with Crippen molar-refractivity contribution in [2.75, 3.05) is 21.3 Å². The van der Waals surface area contributed by atoms with Crippen LogP contribution in [0, 0.1) is 12.7 Å². The molecule has 0 fully saturated rings. The van der Waals surface area contributed by atoms with Gasteiger partial charge in [0.15, 0.2) is 11.5 Å². The average molecular weight is 344 g/mol. The van der Waals surface area contributed by atoms with Gasteiger partial charge in [-0.1, -0.05) is 5.16 Å². The maximum Gasteiger partial charge on any atom is 0.246 e. The van der Waals surface area contributed by atoms with Crippen molar-refractivity contribution in [3.8, 4) is 11.5 Å². The van der Waals surface area contributed by atoms with Crippen LogP contribution in [-0.4, -0.2) is 39.1 Å². The first-order valence-corrected chi connectivity index (χ1v) is 8.03. The molecule has 0 unspecified atom stereocenters. The number of halogens is 1. The second-order valence-corrected chi connectivity index (χ2v) is 6.84. The number of ether oxygens (including phenoxy) is 2. The van der Waals surface area contributed by atoms with Crippen molar-refractivity contribution in [1.29, 1.82) is 0 Å². The van der Waals surface area contributed by atoms with E-state index in [1.807, 2.05) is 0 Å². The molecule has 0 saturated heterocycles. The Labute approximate surface area is 133 Å². The normalized spacial score (nSPS) is 11.7. The van der Waals surface area contributed by atoms with Gasteiger partial charge in [0.25, 0.3) is 0 Å². The van der Waals surface area contributed by atoms with Crippen molar-refractivity contribution in [3.63, 3.8) is 0 Å². The van der Waals surface area contributed by atoms with E-state index in [9.17, 15) is 12.8 Å². The Bertz CT molecular complexity index is 803. The summed E-state index contributed by atoms with van der Waals surface area (Å²) < 4.78 is 55.2. The summed E-state index contributed by atoms with van der Waals surface area (Å²) in [7, 11) is -0.0671. The molecule has 0 N–H and O–H groups in total. The minimum absolute atomic E-state index is 0.0482. The zero-order valence-electron chi connectivity index (χ0n) is 13.2. The molecule has 0 amide bonds. The molecule has 0 bridgehead atoms. The number of rotatable bonds is 6. The lowest BCUT2D eigenvalue weighted by Gasteiger charge is -2.17. The summed E-state index contributed by atoms with van der Waals surface area (Å²) in [5.74, 6) is -0.134. The van der Waals surface area contributed by atoms with E-state index in [2.05, 4.69) is 5.16 Å². The average Bonchev–Trinajstić information content (AvgIpc) is 2.91. The Morgan fingerprint density at radius 2 is 1.83 bits per heavy atom. The van der Waals surface area contributed by atoms with Gasteiger partial charge in [0, 0.05) is 25.2 Å². The molecular weight excluding hydrogens is 327 g/mol. The summed E-state index contributed by atoms with van der Waals surface area (Å²) in [5, 5.41) is 3.73. The lowest BCUT2D eigenvalue weighted by molar-refractivity contribution is 0.349. The van der Waals surface area contributed by atoms with Crippen molar-refractivity contribution >= 4 is 10.0 Å². The van der Waals surface area contributed by atoms with Crippen molar-refractivity contribution < 1.29 is 26.8 Å². The summed E-state index contributed by atoms with van der Waals surface area (Å²) >= 11 is 0. The highest BCUT2D eigenvalue weighted by molar-refractivity contribution is 7.89. The van der Waals surface area contributed by atoms with Crippen LogP contribution in [-0.2, 0) is 16.6 Å². The molecule has 1 aromatic heterocycles. The molecule has 126 valence electrons. The third kappa shape index (κ3) is 3.45. The van der Waals surface area contributed by atoms with Crippen LogP contribution in [0.15, 0.2) is 27.6 Å². The van der Waals surface area contributed by atoms with E-state index in [4.69, 9.17) is 14.0 Å². The van der Waals surface area contributed by atoms with Crippen LogP contribution >= 0.6 is 0 Å². The van der Waals surface area contributed by atoms with Gasteiger partial charge in [-0.05, 0) is 6.92 Å². The van der Waals surface area contributed by atoms with E-state index in [1.54, 1.807) is 13.0 Å². The fourth-order valence-corrected chi connectivity index (χ4v) is 3.21.